The molecule has 0 saturated heterocycles. The molecule has 0 atom stereocenters. The average molecular weight is 243 g/mol. The van der Waals surface area contributed by atoms with Crippen molar-refractivity contribution in [2.24, 2.45) is 7.05 Å². The highest BCUT2D eigenvalue weighted by Gasteiger charge is 2.15. The number of hydrogen-bond donors (Lipinski definition) is 0. The number of carbonyl (C=O) groups excluding carboxylic acids is 1. The first-order valence-corrected chi connectivity index (χ1v) is 6.02. The summed E-state index contributed by atoms with van der Waals surface area (Å²) >= 11 is 0. The third-order valence-electron chi connectivity index (χ3n) is 2.81. The molecule has 1 heterocycles. The molecule has 2 aromatic rings. The van der Waals surface area contributed by atoms with Crippen LogP contribution in [0.25, 0.3) is 11.1 Å². The lowest BCUT2D eigenvalue weighted by molar-refractivity contribution is 0.0527. The topological polar surface area (TPSA) is 31.2 Å². The van der Waals surface area contributed by atoms with Crippen LogP contribution < -0.4 is 0 Å². The maximum atomic E-state index is 11.9. The second-order valence-electron chi connectivity index (χ2n) is 4.34. The zero-order valence-electron chi connectivity index (χ0n) is 10.9. The second-order valence-corrected chi connectivity index (χ2v) is 4.34. The zero-order chi connectivity index (χ0) is 13.1. The Balaban J connectivity index is 2.44. The quantitative estimate of drug-likeness (QED) is 0.775. The third-order valence-corrected chi connectivity index (χ3v) is 2.81. The van der Waals surface area contributed by atoms with Gasteiger partial charge < -0.3 is 9.30 Å². The standard InChI is InChI=1S/C15H17NO2/c1-4-18-15(17)14-10-16(3)9-13(14)12-7-5-11(2)6-8-12/h5-10H,4H2,1-3H3. The van der Waals surface area contributed by atoms with Gasteiger partial charge in [0.15, 0.2) is 0 Å². The molecule has 0 fully saturated rings. The highest BCUT2D eigenvalue weighted by molar-refractivity contribution is 5.97. The van der Waals surface area contributed by atoms with Crippen LogP contribution in [-0.4, -0.2) is 17.1 Å². The smallest absolute Gasteiger partial charge is 0.340 e. The molecule has 0 N–H and O–H groups in total. The van der Waals surface area contributed by atoms with E-state index in [4.69, 9.17) is 4.74 Å². The van der Waals surface area contributed by atoms with Crippen molar-refractivity contribution < 1.29 is 9.53 Å². The van der Waals surface area contributed by atoms with E-state index >= 15 is 0 Å². The van der Waals surface area contributed by atoms with E-state index in [0.717, 1.165) is 11.1 Å². The van der Waals surface area contributed by atoms with Gasteiger partial charge in [-0.2, -0.15) is 0 Å². The Morgan fingerprint density at radius 1 is 1.22 bits per heavy atom. The number of aromatic nitrogens is 1. The van der Waals surface area contributed by atoms with Gasteiger partial charge in [0.05, 0.1) is 12.2 Å². The Kier molecular flexibility index (Phi) is 3.51. The summed E-state index contributed by atoms with van der Waals surface area (Å²) in [6, 6.07) is 8.12. The number of carbonyl (C=O) groups is 1. The third kappa shape index (κ3) is 2.45. The number of nitrogens with zero attached hydrogens (tertiary/aromatic N) is 1. The fourth-order valence-electron chi connectivity index (χ4n) is 1.92. The highest BCUT2D eigenvalue weighted by Crippen LogP contribution is 2.25. The lowest BCUT2D eigenvalue weighted by atomic mass is 10.0. The number of benzene rings is 1. The van der Waals surface area contributed by atoms with Gasteiger partial charge in [-0.3, -0.25) is 0 Å². The molecule has 3 nitrogen and oxygen atoms in total. The van der Waals surface area contributed by atoms with Crippen molar-refractivity contribution >= 4 is 5.97 Å². The summed E-state index contributed by atoms with van der Waals surface area (Å²) in [5.41, 5.74) is 3.76. The van der Waals surface area contributed by atoms with Gasteiger partial charge in [-0.15, -0.1) is 0 Å². The molecule has 1 aromatic carbocycles. The van der Waals surface area contributed by atoms with Gasteiger partial charge in [0.2, 0.25) is 0 Å². The molecule has 0 aliphatic rings. The number of hydrogen-bond acceptors (Lipinski definition) is 2. The Hall–Kier alpha value is -2.03. The first-order chi connectivity index (χ1) is 8.61. The van der Waals surface area contributed by atoms with E-state index in [-0.39, 0.29) is 5.97 Å². The minimum Gasteiger partial charge on any atom is -0.462 e. The monoisotopic (exact) mass is 243 g/mol. The van der Waals surface area contributed by atoms with Crippen molar-refractivity contribution in [3.8, 4) is 11.1 Å². The van der Waals surface area contributed by atoms with E-state index in [0.29, 0.717) is 12.2 Å². The Bertz CT molecular complexity index is 552. The van der Waals surface area contributed by atoms with E-state index < -0.39 is 0 Å². The van der Waals surface area contributed by atoms with Crippen molar-refractivity contribution in [1.29, 1.82) is 0 Å². The summed E-state index contributed by atoms with van der Waals surface area (Å²) in [4.78, 5) is 11.9. The van der Waals surface area contributed by atoms with Crippen LogP contribution in [0.4, 0.5) is 0 Å². The molecule has 0 saturated carbocycles. The van der Waals surface area contributed by atoms with Gasteiger partial charge in [0.1, 0.15) is 0 Å². The first kappa shape index (κ1) is 12.4. The lowest BCUT2D eigenvalue weighted by Crippen LogP contribution is -2.04. The van der Waals surface area contributed by atoms with Gasteiger partial charge in [-0.05, 0) is 19.4 Å². The summed E-state index contributed by atoms with van der Waals surface area (Å²) in [6.07, 6.45) is 3.74. The SMILES string of the molecule is CCOC(=O)c1cn(C)cc1-c1ccc(C)cc1. The summed E-state index contributed by atoms with van der Waals surface area (Å²) in [5, 5.41) is 0. The molecule has 0 aliphatic carbocycles. The summed E-state index contributed by atoms with van der Waals surface area (Å²) in [6.45, 7) is 4.24. The molecule has 0 amide bonds. The molecule has 0 unspecified atom stereocenters. The van der Waals surface area contributed by atoms with E-state index in [1.807, 2.05) is 55.9 Å². The number of ether oxygens (including phenoxy) is 1. The molecule has 0 aliphatic heterocycles. The van der Waals surface area contributed by atoms with Crippen LogP contribution in [0.3, 0.4) is 0 Å². The Labute approximate surface area is 107 Å². The van der Waals surface area contributed by atoms with Gasteiger partial charge in [0, 0.05) is 25.0 Å². The fourth-order valence-corrected chi connectivity index (χ4v) is 1.92. The minimum absolute atomic E-state index is 0.270. The number of aryl methyl sites for hydroxylation is 2. The molecule has 18 heavy (non-hydrogen) atoms. The molecule has 1 aromatic heterocycles. The fraction of sp³-hybridized carbons (Fsp3) is 0.267. The van der Waals surface area contributed by atoms with Crippen molar-refractivity contribution in [1.82, 2.24) is 4.57 Å². The van der Waals surface area contributed by atoms with Crippen LogP contribution in [0, 0.1) is 6.92 Å². The predicted octanol–water partition coefficient (Wildman–Crippen LogP) is 3.18. The maximum absolute atomic E-state index is 11.9. The van der Waals surface area contributed by atoms with Crippen molar-refractivity contribution in [3.05, 3.63) is 47.8 Å². The molecule has 0 bridgehead atoms. The van der Waals surface area contributed by atoms with Gasteiger partial charge in [-0.25, -0.2) is 4.79 Å². The first-order valence-electron chi connectivity index (χ1n) is 6.02. The average Bonchev–Trinajstić information content (AvgIpc) is 2.73. The molecular weight excluding hydrogens is 226 g/mol. The zero-order valence-corrected chi connectivity index (χ0v) is 10.9. The predicted molar refractivity (Wildman–Crippen MR) is 71.5 cm³/mol. The summed E-state index contributed by atoms with van der Waals surface area (Å²) < 4.78 is 6.95. The van der Waals surface area contributed by atoms with Crippen LogP contribution in [-0.2, 0) is 11.8 Å². The van der Waals surface area contributed by atoms with Crippen LogP contribution in [0.2, 0.25) is 0 Å². The number of esters is 1. The normalized spacial score (nSPS) is 10.4. The lowest BCUT2D eigenvalue weighted by Gasteiger charge is -2.04. The van der Waals surface area contributed by atoms with Gasteiger partial charge >= 0.3 is 5.97 Å². The molecule has 3 heteroatoms. The molecule has 0 spiro atoms. The maximum Gasteiger partial charge on any atom is 0.340 e. The summed E-state index contributed by atoms with van der Waals surface area (Å²) in [5.74, 6) is -0.270. The largest absolute Gasteiger partial charge is 0.462 e. The van der Waals surface area contributed by atoms with E-state index in [9.17, 15) is 4.79 Å². The second kappa shape index (κ2) is 5.08. The highest BCUT2D eigenvalue weighted by atomic mass is 16.5. The van der Waals surface area contributed by atoms with Gasteiger partial charge in [-0.1, -0.05) is 29.8 Å². The molecule has 0 radical (unpaired) electrons. The minimum atomic E-state index is -0.270. The van der Waals surface area contributed by atoms with Crippen molar-refractivity contribution in [2.75, 3.05) is 6.61 Å². The van der Waals surface area contributed by atoms with Crippen LogP contribution in [0.1, 0.15) is 22.8 Å². The van der Waals surface area contributed by atoms with Crippen molar-refractivity contribution in [3.63, 3.8) is 0 Å². The van der Waals surface area contributed by atoms with E-state index in [1.54, 1.807) is 6.20 Å². The van der Waals surface area contributed by atoms with Crippen LogP contribution in [0.15, 0.2) is 36.7 Å². The Morgan fingerprint density at radius 2 is 1.89 bits per heavy atom. The van der Waals surface area contributed by atoms with Crippen LogP contribution >= 0.6 is 0 Å². The van der Waals surface area contributed by atoms with Gasteiger partial charge in [0.25, 0.3) is 0 Å². The molecule has 2 rings (SSSR count). The van der Waals surface area contributed by atoms with E-state index in [2.05, 4.69) is 0 Å². The van der Waals surface area contributed by atoms with E-state index in [1.165, 1.54) is 5.56 Å². The van der Waals surface area contributed by atoms with Crippen molar-refractivity contribution in [2.45, 2.75) is 13.8 Å². The number of rotatable bonds is 3. The molecular formula is C15H17NO2. The van der Waals surface area contributed by atoms with Crippen LogP contribution in [0.5, 0.6) is 0 Å². The molecule has 94 valence electrons. The summed E-state index contributed by atoms with van der Waals surface area (Å²) in [7, 11) is 1.90. The Morgan fingerprint density at radius 3 is 2.50 bits per heavy atom.